The lowest BCUT2D eigenvalue weighted by Crippen LogP contribution is -2.20. The van der Waals surface area contributed by atoms with Gasteiger partial charge in [-0.2, -0.15) is 0 Å². The quantitative estimate of drug-likeness (QED) is 0.918. The number of aromatic nitrogens is 2. The number of benzene rings is 1. The lowest BCUT2D eigenvalue weighted by atomic mass is 10.1. The summed E-state index contributed by atoms with van der Waals surface area (Å²) in [5.74, 6) is 1.36. The highest BCUT2D eigenvalue weighted by Gasteiger charge is 2.16. The van der Waals surface area contributed by atoms with Crippen molar-refractivity contribution in [1.82, 2.24) is 14.5 Å². The molecule has 0 aliphatic carbocycles. The Hall–Kier alpha value is -1.81. The number of aromatic hydroxyl groups is 1. The minimum absolute atomic E-state index is 0.304. The van der Waals surface area contributed by atoms with Crippen molar-refractivity contribution in [3.8, 4) is 17.0 Å². The molecular weight excluding hydrogens is 238 g/mol. The zero-order chi connectivity index (χ0) is 13.2. The fourth-order valence-electron chi connectivity index (χ4n) is 2.68. The van der Waals surface area contributed by atoms with Crippen LogP contribution in [0.1, 0.15) is 18.7 Å². The summed E-state index contributed by atoms with van der Waals surface area (Å²) in [4.78, 5) is 6.93. The van der Waals surface area contributed by atoms with Crippen molar-refractivity contribution in [2.24, 2.45) is 7.05 Å². The van der Waals surface area contributed by atoms with E-state index in [1.165, 1.54) is 25.9 Å². The Balaban J connectivity index is 1.88. The molecule has 0 bridgehead atoms. The summed E-state index contributed by atoms with van der Waals surface area (Å²) in [6, 6.07) is 7.40. The van der Waals surface area contributed by atoms with Crippen LogP contribution in [-0.2, 0) is 13.6 Å². The Bertz CT molecular complexity index is 571. The molecule has 0 spiro atoms. The number of rotatable bonds is 3. The van der Waals surface area contributed by atoms with Gasteiger partial charge in [-0.25, -0.2) is 4.98 Å². The van der Waals surface area contributed by atoms with E-state index < -0.39 is 0 Å². The van der Waals surface area contributed by atoms with Crippen LogP contribution in [0.3, 0.4) is 0 Å². The van der Waals surface area contributed by atoms with Crippen LogP contribution in [-0.4, -0.2) is 32.6 Å². The van der Waals surface area contributed by atoms with E-state index in [0.29, 0.717) is 5.75 Å². The molecule has 100 valence electrons. The first-order valence-electron chi connectivity index (χ1n) is 6.77. The van der Waals surface area contributed by atoms with Crippen LogP contribution in [0.5, 0.6) is 5.75 Å². The monoisotopic (exact) mass is 257 g/mol. The van der Waals surface area contributed by atoms with Gasteiger partial charge in [-0.05, 0) is 38.1 Å². The summed E-state index contributed by atoms with van der Waals surface area (Å²) in [6.07, 6.45) is 4.42. The molecule has 1 saturated heterocycles. The predicted molar refractivity (Wildman–Crippen MR) is 74.8 cm³/mol. The van der Waals surface area contributed by atoms with Crippen molar-refractivity contribution in [1.29, 1.82) is 0 Å². The van der Waals surface area contributed by atoms with Gasteiger partial charge in [-0.15, -0.1) is 0 Å². The molecule has 4 nitrogen and oxygen atoms in total. The maximum absolute atomic E-state index is 9.93. The second kappa shape index (κ2) is 5.05. The molecule has 1 aromatic heterocycles. The molecule has 1 N–H and O–H groups in total. The minimum Gasteiger partial charge on any atom is -0.507 e. The third-order valence-corrected chi connectivity index (χ3v) is 3.83. The normalized spacial score (nSPS) is 16.1. The van der Waals surface area contributed by atoms with Gasteiger partial charge >= 0.3 is 0 Å². The van der Waals surface area contributed by atoms with Crippen molar-refractivity contribution in [3.05, 3.63) is 36.3 Å². The molecule has 0 saturated carbocycles. The number of para-hydroxylation sites is 1. The van der Waals surface area contributed by atoms with E-state index >= 15 is 0 Å². The fourth-order valence-corrected chi connectivity index (χ4v) is 2.68. The van der Waals surface area contributed by atoms with Crippen LogP contribution < -0.4 is 0 Å². The highest BCUT2D eigenvalue weighted by Crippen LogP contribution is 2.29. The summed E-state index contributed by atoms with van der Waals surface area (Å²) in [5.41, 5.74) is 1.80. The first-order chi connectivity index (χ1) is 9.25. The second-order valence-corrected chi connectivity index (χ2v) is 5.12. The zero-order valence-electron chi connectivity index (χ0n) is 11.2. The van der Waals surface area contributed by atoms with Crippen LogP contribution >= 0.6 is 0 Å². The van der Waals surface area contributed by atoms with Crippen molar-refractivity contribution in [3.63, 3.8) is 0 Å². The Morgan fingerprint density at radius 3 is 2.68 bits per heavy atom. The molecular formula is C15H19N3O. The first-order valence-corrected chi connectivity index (χ1v) is 6.77. The lowest BCUT2D eigenvalue weighted by molar-refractivity contribution is 0.319. The van der Waals surface area contributed by atoms with Gasteiger partial charge < -0.3 is 9.67 Å². The number of imidazole rings is 1. The topological polar surface area (TPSA) is 41.3 Å². The van der Waals surface area contributed by atoms with Crippen LogP contribution in [0.4, 0.5) is 0 Å². The van der Waals surface area contributed by atoms with E-state index in [-0.39, 0.29) is 0 Å². The van der Waals surface area contributed by atoms with Gasteiger partial charge in [0, 0.05) is 12.6 Å². The highest BCUT2D eigenvalue weighted by molar-refractivity contribution is 5.66. The van der Waals surface area contributed by atoms with Crippen LogP contribution in [0.15, 0.2) is 30.5 Å². The van der Waals surface area contributed by atoms with Crippen molar-refractivity contribution in [2.45, 2.75) is 19.4 Å². The van der Waals surface area contributed by atoms with Gasteiger partial charge in [0.15, 0.2) is 0 Å². The maximum atomic E-state index is 9.93. The summed E-state index contributed by atoms with van der Waals surface area (Å²) in [5, 5.41) is 9.93. The average molecular weight is 257 g/mol. The standard InChI is InChI=1S/C15H19N3O/c1-17-13(12-6-2-3-7-14(12)19)10-16-15(17)11-18-8-4-5-9-18/h2-3,6-7,10,19H,4-5,8-9,11H2,1H3. The number of nitrogens with zero attached hydrogens (tertiary/aromatic N) is 3. The van der Waals surface area contributed by atoms with Crippen molar-refractivity contribution < 1.29 is 5.11 Å². The number of hydrogen-bond acceptors (Lipinski definition) is 3. The van der Waals surface area contributed by atoms with Gasteiger partial charge in [-0.3, -0.25) is 4.90 Å². The molecule has 19 heavy (non-hydrogen) atoms. The smallest absolute Gasteiger partial charge is 0.124 e. The van der Waals surface area contributed by atoms with Gasteiger partial charge in [-0.1, -0.05) is 12.1 Å². The van der Waals surface area contributed by atoms with Crippen LogP contribution in [0.25, 0.3) is 11.3 Å². The third-order valence-electron chi connectivity index (χ3n) is 3.83. The SMILES string of the molecule is Cn1c(-c2ccccc2O)cnc1CN1CCCC1. The number of phenols is 1. The van der Waals surface area contributed by atoms with Crippen molar-refractivity contribution in [2.75, 3.05) is 13.1 Å². The molecule has 0 radical (unpaired) electrons. The third kappa shape index (κ3) is 2.36. The largest absolute Gasteiger partial charge is 0.507 e. The van der Waals surface area contributed by atoms with E-state index in [9.17, 15) is 5.11 Å². The molecule has 0 atom stereocenters. The number of likely N-dealkylation sites (tertiary alicyclic amines) is 1. The average Bonchev–Trinajstić information content (AvgIpc) is 3.03. The highest BCUT2D eigenvalue weighted by atomic mass is 16.3. The molecule has 1 aliphatic heterocycles. The van der Waals surface area contributed by atoms with Crippen molar-refractivity contribution >= 4 is 0 Å². The van der Waals surface area contributed by atoms with Crippen LogP contribution in [0.2, 0.25) is 0 Å². The summed E-state index contributed by atoms with van der Waals surface area (Å²) >= 11 is 0. The number of phenolic OH excluding ortho intramolecular Hbond substituents is 1. The Morgan fingerprint density at radius 1 is 1.21 bits per heavy atom. The zero-order valence-corrected chi connectivity index (χ0v) is 11.2. The molecule has 4 heteroatoms. The summed E-state index contributed by atoms with van der Waals surface area (Å²) in [7, 11) is 2.01. The molecule has 1 fully saturated rings. The molecule has 1 aromatic carbocycles. The second-order valence-electron chi connectivity index (χ2n) is 5.12. The summed E-state index contributed by atoms with van der Waals surface area (Å²) in [6.45, 7) is 3.22. The fraction of sp³-hybridized carbons (Fsp3) is 0.400. The van der Waals surface area contributed by atoms with E-state index in [2.05, 4.69) is 14.5 Å². The van der Waals surface area contributed by atoms with Gasteiger partial charge in [0.05, 0.1) is 18.4 Å². The number of hydrogen-bond donors (Lipinski definition) is 1. The van der Waals surface area contributed by atoms with Crippen LogP contribution in [0, 0.1) is 0 Å². The molecule has 3 rings (SSSR count). The summed E-state index contributed by atoms with van der Waals surface area (Å²) < 4.78 is 2.08. The Labute approximate surface area is 113 Å². The first kappa shape index (κ1) is 12.2. The molecule has 2 aromatic rings. The van der Waals surface area contributed by atoms with E-state index in [4.69, 9.17) is 0 Å². The van der Waals surface area contributed by atoms with E-state index in [1.54, 1.807) is 6.07 Å². The minimum atomic E-state index is 0.304. The predicted octanol–water partition coefficient (Wildman–Crippen LogP) is 2.39. The Morgan fingerprint density at radius 2 is 1.95 bits per heavy atom. The maximum Gasteiger partial charge on any atom is 0.124 e. The van der Waals surface area contributed by atoms with E-state index in [1.807, 2.05) is 31.4 Å². The molecule has 2 heterocycles. The van der Waals surface area contributed by atoms with E-state index in [0.717, 1.165) is 23.6 Å². The molecule has 0 unspecified atom stereocenters. The van der Waals surface area contributed by atoms with Gasteiger partial charge in [0.25, 0.3) is 0 Å². The lowest BCUT2D eigenvalue weighted by Gasteiger charge is -2.14. The van der Waals surface area contributed by atoms with Gasteiger partial charge in [0.1, 0.15) is 11.6 Å². The molecule has 0 amide bonds. The van der Waals surface area contributed by atoms with Gasteiger partial charge in [0.2, 0.25) is 0 Å². The molecule has 1 aliphatic rings. The Kier molecular flexibility index (Phi) is 3.25.